The van der Waals surface area contributed by atoms with Crippen molar-refractivity contribution in [2.24, 2.45) is 0 Å². The Kier molecular flexibility index (Phi) is 7.30. The van der Waals surface area contributed by atoms with Gasteiger partial charge in [0.05, 0.1) is 0 Å². The molecule has 0 saturated carbocycles. The molecule has 0 radical (unpaired) electrons. The van der Waals surface area contributed by atoms with Crippen LogP contribution < -0.4 is 5.32 Å². The molecule has 0 aliphatic carbocycles. The highest BCUT2D eigenvalue weighted by atomic mass is 16.4. The fourth-order valence-electron chi connectivity index (χ4n) is 0.992. The van der Waals surface area contributed by atoms with Gasteiger partial charge in [-0.1, -0.05) is 32.8 Å². The quantitative estimate of drug-likeness (QED) is 0.448. The molecule has 0 aliphatic heterocycles. The van der Waals surface area contributed by atoms with E-state index in [0.29, 0.717) is 6.54 Å². The van der Waals surface area contributed by atoms with Crippen LogP contribution in [0.4, 0.5) is 0 Å². The highest BCUT2D eigenvalue weighted by molar-refractivity contribution is 5.86. The number of rotatable bonds is 8. The van der Waals surface area contributed by atoms with Crippen molar-refractivity contribution in [3.05, 3.63) is 12.2 Å². The lowest BCUT2D eigenvalue weighted by Crippen LogP contribution is -2.21. The molecule has 76 valence electrons. The smallest absolute Gasteiger partial charge is 0.332 e. The van der Waals surface area contributed by atoms with Crippen LogP contribution in [-0.4, -0.2) is 24.2 Å². The normalized spacial score (nSPS) is 9.92. The van der Waals surface area contributed by atoms with Gasteiger partial charge >= 0.3 is 5.97 Å². The van der Waals surface area contributed by atoms with Crippen molar-refractivity contribution < 1.29 is 9.90 Å². The summed E-state index contributed by atoms with van der Waals surface area (Å²) >= 11 is 0. The summed E-state index contributed by atoms with van der Waals surface area (Å²) in [7, 11) is 0. The van der Waals surface area contributed by atoms with Crippen LogP contribution in [0.15, 0.2) is 12.2 Å². The van der Waals surface area contributed by atoms with Gasteiger partial charge in [-0.05, 0) is 13.0 Å². The lowest BCUT2D eigenvalue weighted by Gasteiger charge is -2.03. The Balaban J connectivity index is 3.16. The number of hydrogen-bond donors (Lipinski definition) is 2. The van der Waals surface area contributed by atoms with Crippen LogP contribution >= 0.6 is 0 Å². The van der Waals surface area contributed by atoms with Crippen LogP contribution in [0.25, 0.3) is 0 Å². The van der Waals surface area contributed by atoms with E-state index in [9.17, 15) is 4.79 Å². The molecule has 2 N–H and O–H groups in total. The van der Waals surface area contributed by atoms with Gasteiger partial charge in [-0.25, -0.2) is 4.79 Å². The maximum Gasteiger partial charge on any atom is 0.332 e. The van der Waals surface area contributed by atoms with Crippen LogP contribution in [0.2, 0.25) is 0 Å². The minimum absolute atomic E-state index is 0.232. The lowest BCUT2D eigenvalue weighted by atomic mass is 10.2. The van der Waals surface area contributed by atoms with Gasteiger partial charge < -0.3 is 10.4 Å². The Morgan fingerprint density at radius 3 is 2.62 bits per heavy atom. The van der Waals surface area contributed by atoms with E-state index in [2.05, 4.69) is 18.8 Å². The second-order valence-corrected chi connectivity index (χ2v) is 3.15. The van der Waals surface area contributed by atoms with Gasteiger partial charge in [-0.3, -0.25) is 0 Å². The van der Waals surface area contributed by atoms with E-state index in [1.54, 1.807) is 0 Å². The molecule has 0 aromatic rings. The molecule has 0 unspecified atom stereocenters. The molecule has 13 heavy (non-hydrogen) atoms. The first-order chi connectivity index (χ1) is 6.18. The Hall–Kier alpha value is -0.830. The summed E-state index contributed by atoms with van der Waals surface area (Å²) in [5.41, 5.74) is 0.232. The molecule has 0 aliphatic rings. The number of hydrogen-bond acceptors (Lipinski definition) is 2. The summed E-state index contributed by atoms with van der Waals surface area (Å²) in [5, 5.41) is 11.5. The van der Waals surface area contributed by atoms with Crippen molar-refractivity contribution in [2.75, 3.05) is 13.1 Å². The van der Waals surface area contributed by atoms with E-state index in [1.165, 1.54) is 19.3 Å². The maximum atomic E-state index is 10.3. The Morgan fingerprint density at radius 1 is 1.38 bits per heavy atom. The molecule has 0 fully saturated rings. The molecule has 3 heteroatoms. The molecule has 0 rings (SSSR count). The fraction of sp³-hybridized carbons (Fsp3) is 0.700. The third-order valence-corrected chi connectivity index (χ3v) is 1.85. The Labute approximate surface area is 79.8 Å². The van der Waals surface area contributed by atoms with E-state index < -0.39 is 5.97 Å². The molecule has 0 aromatic carbocycles. The first-order valence-electron chi connectivity index (χ1n) is 4.80. The predicted octanol–water partition coefficient (Wildman–Crippen LogP) is 1.80. The van der Waals surface area contributed by atoms with Crippen molar-refractivity contribution >= 4 is 5.97 Å². The molecule has 0 atom stereocenters. The molecule has 0 amide bonds. The van der Waals surface area contributed by atoms with E-state index in [-0.39, 0.29) is 5.57 Å². The second-order valence-electron chi connectivity index (χ2n) is 3.15. The number of carbonyl (C=O) groups is 1. The van der Waals surface area contributed by atoms with Crippen molar-refractivity contribution in [1.82, 2.24) is 5.32 Å². The third kappa shape index (κ3) is 7.53. The second kappa shape index (κ2) is 7.80. The van der Waals surface area contributed by atoms with Crippen LogP contribution in [-0.2, 0) is 4.79 Å². The number of carboxylic acids is 1. The lowest BCUT2D eigenvalue weighted by molar-refractivity contribution is -0.132. The molecule has 0 bridgehead atoms. The summed E-state index contributed by atoms with van der Waals surface area (Å²) < 4.78 is 0. The first-order valence-corrected chi connectivity index (χ1v) is 4.80. The molecule has 3 nitrogen and oxygen atoms in total. The van der Waals surface area contributed by atoms with Crippen molar-refractivity contribution in [3.63, 3.8) is 0 Å². The highest BCUT2D eigenvalue weighted by Gasteiger charge is 2.01. The summed E-state index contributed by atoms with van der Waals surface area (Å²) in [6, 6.07) is 0. The first kappa shape index (κ1) is 12.2. The average Bonchev–Trinajstić information content (AvgIpc) is 2.10. The third-order valence-electron chi connectivity index (χ3n) is 1.85. The summed E-state index contributed by atoms with van der Waals surface area (Å²) in [6.45, 7) is 6.86. The van der Waals surface area contributed by atoms with Gasteiger partial charge in [0, 0.05) is 12.1 Å². The van der Waals surface area contributed by atoms with E-state index in [1.807, 2.05) is 0 Å². The number of aliphatic carboxylic acids is 1. The minimum atomic E-state index is -0.916. The van der Waals surface area contributed by atoms with Crippen LogP contribution in [0, 0.1) is 0 Å². The maximum absolute atomic E-state index is 10.3. The van der Waals surface area contributed by atoms with E-state index in [4.69, 9.17) is 5.11 Å². The zero-order valence-corrected chi connectivity index (χ0v) is 8.31. The highest BCUT2D eigenvalue weighted by Crippen LogP contribution is 1.97. The monoisotopic (exact) mass is 185 g/mol. The van der Waals surface area contributed by atoms with E-state index >= 15 is 0 Å². The molecular weight excluding hydrogens is 166 g/mol. The molecular formula is C10H19NO2. The van der Waals surface area contributed by atoms with E-state index in [0.717, 1.165) is 13.0 Å². The fourth-order valence-corrected chi connectivity index (χ4v) is 0.992. The summed E-state index contributed by atoms with van der Waals surface area (Å²) in [4.78, 5) is 10.3. The number of nitrogens with one attached hydrogen (secondary N) is 1. The van der Waals surface area contributed by atoms with Crippen molar-refractivity contribution in [1.29, 1.82) is 0 Å². The molecule has 0 spiro atoms. The van der Waals surface area contributed by atoms with Gasteiger partial charge in [0.1, 0.15) is 0 Å². The van der Waals surface area contributed by atoms with Gasteiger partial charge in [-0.15, -0.1) is 0 Å². The standard InChI is InChI=1S/C10H19NO2/c1-3-4-5-6-7-11-8-9(2)10(12)13/h11H,2-8H2,1H3,(H,12,13). The van der Waals surface area contributed by atoms with Gasteiger partial charge in [0.25, 0.3) is 0 Å². The number of unbranched alkanes of at least 4 members (excludes halogenated alkanes) is 3. The minimum Gasteiger partial charge on any atom is -0.478 e. The predicted molar refractivity (Wildman–Crippen MR) is 53.8 cm³/mol. The SMILES string of the molecule is C=C(CNCCCCCC)C(=O)O. The Morgan fingerprint density at radius 2 is 2.08 bits per heavy atom. The zero-order chi connectivity index (χ0) is 10.1. The summed E-state index contributed by atoms with van der Waals surface area (Å²) in [5.74, 6) is -0.916. The average molecular weight is 185 g/mol. The van der Waals surface area contributed by atoms with Crippen LogP contribution in [0.1, 0.15) is 32.6 Å². The van der Waals surface area contributed by atoms with Crippen LogP contribution in [0.3, 0.4) is 0 Å². The molecule has 0 saturated heterocycles. The zero-order valence-electron chi connectivity index (χ0n) is 8.31. The van der Waals surface area contributed by atoms with Crippen molar-refractivity contribution in [2.45, 2.75) is 32.6 Å². The van der Waals surface area contributed by atoms with Crippen LogP contribution in [0.5, 0.6) is 0 Å². The molecule has 0 heterocycles. The topological polar surface area (TPSA) is 49.3 Å². The van der Waals surface area contributed by atoms with Gasteiger partial charge in [-0.2, -0.15) is 0 Å². The van der Waals surface area contributed by atoms with Gasteiger partial charge in [0.15, 0.2) is 0 Å². The summed E-state index contributed by atoms with van der Waals surface area (Å²) in [6.07, 6.45) is 4.80. The van der Waals surface area contributed by atoms with Crippen molar-refractivity contribution in [3.8, 4) is 0 Å². The Bertz CT molecular complexity index is 166. The molecule has 0 aromatic heterocycles. The largest absolute Gasteiger partial charge is 0.478 e. The van der Waals surface area contributed by atoms with Gasteiger partial charge in [0.2, 0.25) is 0 Å². The number of carboxylic acid groups (broad SMARTS) is 1.